The van der Waals surface area contributed by atoms with E-state index in [4.69, 9.17) is 4.74 Å². The van der Waals surface area contributed by atoms with Crippen LogP contribution in [0.2, 0.25) is 0 Å². The molecular formula is C18H31NO. The molecule has 1 aromatic carbocycles. The smallest absolute Gasteiger partial charge is 0.119 e. The second-order valence-corrected chi connectivity index (χ2v) is 5.99. The molecule has 0 aliphatic heterocycles. The van der Waals surface area contributed by atoms with E-state index < -0.39 is 0 Å². The van der Waals surface area contributed by atoms with Crippen molar-refractivity contribution < 1.29 is 4.74 Å². The summed E-state index contributed by atoms with van der Waals surface area (Å²) in [6.07, 6.45) is 3.62. The maximum Gasteiger partial charge on any atom is 0.119 e. The fourth-order valence-electron chi connectivity index (χ4n) is 2.11. The molecule has 2 nitrogen and oxygen atoms in total. The summed E-state index contributed by atoms with van der Waals surface area (Å²) in [4.78, 5) is 0. The van der Waals surface area contributed by atoms with Crippen LogP contribution in [0.4, 0.5) is 0 Å². The third kappa shape index (κ3) is 6.95. The minimum Gasteiger partial charge on any atom is -0.494 e. The van der Waals surface area contributed by atoms with E-state index in [1.807, 2.05) is 0 Å². The molecule has 0 aromatic heterocycles. The van der Waals surface area contributed by atoms with Crippen LogP contribution in [-0.4, -0.2) is 13.2 Å². The maximum atomic E-state index is 5.73. The van der Waals surface area contributed by atoms with Gasteiger partial charge in [0.2, 0.25) is 0 Å². The van der Waals surface area contributed by atoms with Crippen molar-refractivity contribution in [1.29, 1.82) is 0 Å². The molecular weight excluding hydrogens is 246 g/mol. The van der Waals surface area contributed by atoms with Crippen LogP contribution in [0, 0.1) is 11.8 Å². The molecule has 1 aromatic rings. The lowest BCUT2D eigenvalue weighted by Gasteiger charge is -2.13. The number of ether oxygens (including phenoxy) is 1. The van der Waals surface area contributed by atoms with Gasteiger partial charge >= 0.3 is 0 Å². The second-order valence-electron chi connectivity index (χ2n) is 5.99. The van der Waals surface area contributed by atoms with Crippen LogP contribution in [0.15, 0.2) is 24.3 Å². The number of hydrogen-bond acceptors (Lipinski definition) is 2. The summed E-state index contributed by atoms with van der Waals surface area (Å²) in [6.45, 7) is 11.8. The summed E-state index contributed by atoms with van der Waals surface area (Å²) in [5.74, 6) is 2.48. The highest BCUT2D eigenvalue weighted by molar-refractivity contribution is 5.27. The van der Waals surface area contributed by atoms with Gasteiger partial charge in [0.25, 0.3) is 0 Å². The van der Waals surface area contributed by atoms with Crippen molar-refractivity contribution in [3.63, 3.8) is 0 Å². The zero-order chi connectivity index (χ0) is 14.8. The fraction of sp³-hybridized carbons (Fsp3) is 0.667. The molecule has 1 rings (SSSR count). The first-order valence-corrected chi connectivity index (χ1v) is 8.08. The Balaban J connectivity index is 2.28. The van der Waals surface area contributed by atoms with Crippen LogP contribution >= 0.6 is 0 Å². The van der Waals surface area contributed by atoms with Gasteiger partial charge in [-0.3, -0.25) is 0 Å². The molecule has 0 saturated heterocycles. The zero-order valence-corrected chi connectivity index (χ0v) is 13.6. The monoisotopic (exact) mass is 277 g/mol. The zero-order valence-electron chi connectivity index (χ0n) is 13.6. The molecule has 0 bridgehead atoms. The largest absolute Gasteiger partial charge is 0.494 e. The molecule has 2 heteroatoms. The summed E-state index contributed by atoms with van der Waals surface area (Å²) in [7, 11) is 0. The van der Waals surface area contributed by atoms with Crippen molar-refractivity contribution in [3.8, 4) is 5.75 Å². The van der Waals surface area contributed by atoms with Gasteiger partial charge in [-0.05, 0) is 42.5 Å². The van der Waals surface area contributed by atoms with E-state index in [0.717, 1.165) is 37.8 Å². The van der Waals surface area contributed by atoms with E-state index in [2.05, 4.69) is 57.3 Å². The maximum absolute atomic E-state index is 5.73. The molecule has 0 heterocycles. The topological polar surface area (TPSA) is 21.3 Å². The van der Waals surface area contributed by atoms with Gasteiger partial charge in [0.15, 0.2) is 0 Å². The first-order chi connectivity index (χ1) is 9.65. The molecule has 1 N–H and O–H groups in total. The van der Waals surface area contributed by atoms with E-state index in [1.54, 1.807) is 0 Å². The minimum atomic E-state index is 0.698. The number of rotatable bonds is 10. The van der Waals surface area contributed by atoms with Crippen molar-refractivity contribution in [2.75, 3.05) is 13.2 Å². The van der Waals surface area contributed by atoms with E-state index in [0.29, 0.717) is 5.92 Å². The lowest BCUT2D eigenvalue weighted by molar-refractivity contribution is 0.289. The second kappa shape index (κ2) is 9.82. The minimum absolute atomic E-state index is 0.698. The summed E-state index contributed by atoms with van der Waals surface area (Å²) in [5.41, 5.74) is 1.33. The lowest BCUT2D eigenvalue weighted by atomic mass is 10.0. The molecule has 0 radical (unpaired) electrons. The molecule has 0 aliphatic carbocycles. The Bertz CT molecular complexity index is 341. The lowest BCUT2D eigenvalue weighted by Crippen LogP contribution is -2.21. The Hall–Kier alpha value is -1.02. The standard InChI is InChI=1S/C18H31NO/c1-5-16(6-2)13-19-14-17-7-9-18(10-8-17)20-12-11-15(3)4/h7-10,15-16,19H,5-6,11-14H2,1-4H3. The number of nitrogens with one attached hydrogen (secondary N) is 1. The van der Waals surface area contributed by atoms with Crippen LogP contribution in [0.3, 0.4) is 0 Å². The Morgan fingerprint density at radius 2 is 1.70 bits per heavy atom. The van der Waals surface area contributed by atoms with E-state index in [9.17, 15) is 0 Å². The van der Waals surface area contributed by atoms with Crippen LogP contribution in [0.5, 0.6) is 5.75 Å². The van der Waals surface area contributed by atoms with Gasteiger partial charge in [-0.2, -0.15) is 0 Å². The van der Waals surface area contributed by atoms with Crippen molar-refractivity contribution in [1.82, 2.24) is 5.32 Å². The van der Waals surface area contributed by atoms with Crippen molar-refractivity contribution >= 4 is 0 Å². The van der Waals surface area contributed by atoms with Gasteiger partial charge in [-0.1, -0.05) is 52.7 Å². The summed E-state index contributed by atoms with van der Waals surface area (Å²) in [6, 6.07) is 8.47. The molecule has 0 atom stereocenters. The van der Waals surface area contributed by atoms with Gasteiger partial charge in [-0.25, -0.2) is 0 Å². The third-order valence-corrected chi connectivity index (χ3v) is 3.80. The Morgan fingerprint density at radius 3 is 2.25 bits per heavy atom. The Labute approximate surface area is 124 Å². The molecule has 0 amide bonds. The average Bonchev–Trinajstić information content (AvgIpc) is 2.45. The number of hydrogen-bond donors (Lipinski definition) is 1. The summed E-state index contributed by atoms with van der Waals surface area (Å²) < 4.78 is 5.73. The molecule has 0 aliphatic rings. The SMILES string of the molecule is CCC(CC)CNCc1ccc(OCCC(C)C)cc1. The number of benzene rings is 1. The highest BCUT2D eigenvalue weighted by Crippen LogP contribution is 2.13. The van der Waals surface area contributed by atoms with Gasteiger partial charge in [0.1, 0.15) is 5.75 Å². The molecule has 20 heavy (non-hydrogen) atoms. The van der Waals surface area contributed by atoms with Crippen LogP contribution in [-0.2, 0) is 6.54 Å². The Morgan fingerprint density at radius 1 is 1.05 bits per heavy atom. The van der Waals surface area contributed by atoms with Gasteiger partial charge in [0.05, 0.1) is 6.61 Å². The van der Waals surface area contributed by atoms with Crippen molar-refractivity contribution in [2.45, 2.75) is 53.5 Å². The highest BCUT2D eigenvalue weighted by Gasteiger charge is 2.02. The molecule has 0 fully saturated rings. The quantitative estimate of drug-likeness (QED) is 0.673. The van der Waals surface area contributed by atoms with E-state index >= 15 is 0 Å². The van der Waals surface area contributed by atoms with Crippen LogP contribution < -0.4 is 10.1 Å². The van der Waals surface area contributed by atoms with Gasteiger partial charge < -0.3 is 10.1 Å². The molecule has 0 saturated carbocycles. The fourth-order valence-corrected chi connectivity index (χ4v) is 2.11. The highest BCUT2D eigenvalue weighted by atomic mass is 16.5. The third-order valence-electron chi connectivity index (χ3n) is 3.80. The Kier molecular flexibility index (Phi) is 8.36. The van der Waals surface area contributed by atoms with Crippen molar-refractivity contribution in [3.05, 3.63) is 29.8 Å². The average molecular weight is 277 g/mol. The summed E-state index contributed by atoms with van der Waals surface area (Å²) in [5, 5.41) is 3.54. The van der Waals surface area contributed by atoms with Crippen LogP contribution in [0.1, 0.15) is 52.5 Å². The summed E-state index contributed by atoms with van der Waals surface area (Å²) >= 11 is 0. The van der Waals surface area contributed by atoms with Gasteiger partial charge in [-0.15, -0.1) is 0 Å². The van der Waals surface area contributed by atoms with Crippen LogP contribution in [0.25, 0.3) is 0 Å². The predicted molar refractivity (Wildman–Crippen MR) is 87.2 cm³/mol. The van der Waals surface area contributed by atoms with E-state index in [-0.39, 0.29) is 0 Å². The first kappa shape index (κ1) is 17.0. The molecule has 0 spiro atoms. The van der Waals surface area contributed by atoms with E-state index in [1.165, 1.54) is 18.4 Å². The molecule has 0 unspecified atom stereocenters. The first-order valence-electron chi connectivity index (χ1n) is 8.08. The van der Waals surface area contributed by atoms with Gasteiger partial charge in [0, 0.05) is 6.54 Å². The normalized spacial score (nSPS) is 11.3. The van der Waals surface area contributed by atoms with Crippen molar-refractivity contribution in [2.24, 2.45) is 11.8 Å². The predicted octanol–water partition coefficient (Wildman–Crippen LogP) is 4.64. The molecule has 114 valence electrons.